The quantitative estimate of drug-likeness (QED) is 0.616. The third kappa shape index (κ3) is 4.21. The molecule has 152 valence electrons. The number of benzene rings is 1. The van der Waals surface area contributed by atoms with E-state index in [2.05, 4.69) is 10.3 Å². The lowest BCUT2D eigenvalue weighted by atomic mass is 10.0. The highest BCUT2D eigenvalue weighted by atomic mass is 35.5. The SMILES string of the molecule is Cc1onc(-c2ccccc2)c1CN(Cc1nn(C)cc1Cl)C(=O)[C@@H]1CCOC1. The monoisotopic (exact) mass is 414 g/mol. The van der Waals surface area contributed by atoms with Gasteiger partial charge < -0.3 is 14.2 Å². The lowest BCUT2D eigenvalue weighted by Crippen LogP contribution is -2.36. The van der Waals surface area contributed by atoms with E-state index in [1.807, 2.05) is 44.3 Å². The maximum atomic E-state index is 13.3. The first-order valence-electron chi connectivity index (χ1n) is 9.58. The van der Waals surface area contributed by atoms with Crippen LogP contribution in [0.3, 0.4) is 0 Å². The Hall–Kier alpha value is -2.64. The molecule has 1 saturated heterocycles. The van der Waals surface area contributed by atoms with Gasteiger partial charge in [0.15, 0.2) is 0 Å². The Kier molecular flexibility index (Phi) is 5.69. The highest BCUT2D eigenvalue weighted by Gasteiger charge is 2.30. The molecule has 1 aromatic carbocycles. The van der Waals surface area contributed by atoms with E-state index in [0.717, 1.165) is 23.2 Å². The van der Waals surface area contributed by atoms with Crippen LogP contribution in [-0.4, -0.2) is 39.0 Å². The molecule has 0 N–H and O–H groups in total. The van der Waals surface area contributed by atoms with Crippen molar-refractivity contribution in [2.45, 2.75) is 26.4 Å². The van der Waals surface area contributed by atoms with Gasteiger partial charge in [-0.25, -0.2) is 0 Å². The van der Waals surface area contributed by atoms with Crippen molar-refractivity contribution in [2.24, 2.45) is 13.0 Å². The van der Waals surface area contributed by atoms with Crippen molar-refractivity contribution in [1.29, 1.82) is 0 Å². The maximum Gasteiger partial charge on any atom is 0.228 e. The zero-order valence-corrected chi connectivity index (χ0v) is 17.2. The summed E-state index contributed by atoms with van der Waals surface area (Å²) in [4.78, 5) is 15.0. The van der Waals surface area contributed by atoms with E-state index in [1.165, 1.54) is 0 Å². The zero-order chi connectivity index (χ0) is 20.4. The molecule has 1 fully saturated rings. The number of aryl methyl sites for hydroxylation is 2. The second kappa shape index (κ2) is 8.39. The highest BCUT2D eigenvalue weighted by Crippen LogP contribution is 2.29. The number of ether oxygens (including phenoxy) is 1. The molecule has 0 aliphatic carbocycles. The van der Waals surface area contributed by atoms with Gasteiger partial charge in [0, 0.05) is 31.0 Å². The lowest BCUT2D eigenvalue weighted by Gasteiger charge is -2.25. The molecule has 2 aromatic heterocycles. The molecule has 4 rings (SSSR count). The first-order chi connectivity index (χ1) is 14.0. The largest absolute Gasteiger partial charge is 0.381 e. The fourth-order valence-corrected chi connectivity index (χ4v) is 3.82. The van der Waals surface area contributed by atoms with Crippen molar-refractivity contribution >= 4 is 17.5 Å². The Bertz CT molecular complexity index is 993. The van der Waals surface area contributed by atoms with Crippen LogP contribution in [0, 0.1) is 12.8 Å². The van der Waals surface area contributed by atoms with Gasteiger partial charge >= 0.3 is 0 Å². The molecular weight excluding hydrogens is 392 g/mol. The smallest absolute Gasteiger partial charge is 0.228 e. The summed E-state index contributed by atoms with van der Waals surface area (Å²) >= 11 is 6.32. The predicted octanol–water partition coefficient (Wildman–Crippen LogP) is 3.60. The van der Waals surface area contributed by atoms with Gasteiger partial charge in [0.2, 0.25) is 5.91 Å². The summed E-state index contributed by atoms with van der Waals surface area (Å²) in [7, 11) is 1.81. The number of aromatic nitrogens is 3. The number of amides is 1. The van der Waals surface area contributed by atoms with Gasteiger partial charge in [-0.1, -0.05) is 47.1 Å². The van der Waals surface area contributed by atoms with E-state index in [0.29, 0.717) is 42.8 Å². The van der Waals surface area contributed by atoms with Crippen LogP contribution in [0.25, 0.3) is 11.3 Å². The second-order valence-electron chi connectivity index (χ2n) is 7.28. The minimum Gasteiger partial charge on any atom is -0.381 e. The molecule has 3 aromatic rings. The summed E-state index contributed by atoms with van der Waals surface area (Å²) in [6.07, 6.45) is 2.46. The summed E-state index contributed by atoms with van der Waals surface area (Å²) in [6, 6.07) is 9.82. The van der Waals surface area contributed by atoms with Gasteiger partial charge in [0.1, 0.15) is 17.1 Å². The van der Waals surface area contributed by atoms with Crippen LogP contribution in [0.4, 0.5) is 0 Å². The average Bonchev–Trinajstić information content (AvgIpc) is 3.44. The first-order valence-corrected chi connectivity index (χ1v) is 9.96. The highest BCUT2D eigenvalue weighted by molar-refractivity contribution is 6.31. The van der Waals surface area contributed by atoms with Gasteiger partial charge in [0.25, 0.3) is 0 Å². The first kappa shape index (κ1) is 19.7. The Balaban J connectivity index is 1.66. The number of nitrogens with zero attached hydrogens (tertiary/aromatic N) is 4. The Morgan fingerprint density at radius 3 is 2.76 bits per heavy atom. The normalized spacial score (nSPS) is 16.3. The third-order valence-electron chi connectivity index (χ3n) is 5.17. The van der Waals surface area contributed by atoms with Crippen LogP contribution < -0.4 is 0 Å². The molecule has 8 heteroatoms. The Labute approximate surface area is 174 Å². The minimum absolute atomic E-state index is 0.0313. The van der Waals surface area contributed by atoms with E-state index in [9.17, 15) is 4.79 Å². The van der Waals surface area contributed by atoms with Crippen LogP contribution >= 0.6 is 11.6 Å². The average molecular weight is 415 g/mol. The van der Waals surface area contributed by atoms with Crippen LogP contribution in [0.5, 0.6) is 0 Å². The number of carbonyl (C=O) groups is 1. The lowest BCUT2D eigenvalue weighted by molar-refractivity contribution is -0.136. The summed E-state index contributed by atoms with van der Waals surface area (Å²) in [5.74, 6) is 0.568. The summed E-state index contributed by atoms with van der Waals surface area (Å²) in [5, 5.41) is 9.19. The van der Waals surface area contributed by atoms with Crippen LogP contribution in [0.2, 0.25) is 5.02 Å². The van der Waals surface area contributed by atoms with Gasteiger partial charge in [-0.05, 0) is 13.3 Å². The molecular formula is C21H23ClN4O3. The molecule has 1 aliphatic heterocycles. The minimum atomic E-state index is -0.155. The van der Waals surface area contributed by atoms with E-state index in [4.69, 9.17) is 20.9 Å². The molecule has 1 aliphatic rings. The molecule has 7 nitrogen and oxygen atoms in total. The van der Waals surface area contributed by atoms with Crippen molar-refractivity contribution in [3.05, 3.63) is 58.6 Å². The van der Waals surface area contributed by atoms with Crippen LogP contribution in [0.1, 0.15) is 23.4 Å². The van der Waals surface area contributed by atoms with Crippen molar-refractivity contribution in [3.63, 3.8) is 0 Å². The third-order valence-corrected chi connectivity index (χ3v) is 5.48. The maximum absolute atomic E-state index is 13.3. The van der Waals surface area contributed by atoms with Crippen molar-refractivity contribution < 1.29 is 14.1 Å². The van der Waals surface area contributed by atoms with Gasteiger partial charge in [0.05, 0.1) is 30.6 Å². The fraction of sp³-hybridized carbons (Fsp3) is 0.381. The van der Waals surface area contributed by atoms with Crippen LogP contribution in [0.15, 0.2) is 41.1 Å². The van der Waals surface area contributed by atoms with Crippen molar-refractivity contribution in [1.82, 2.24) is 19.8 Å². The second-order valence-corrected chi connectivity index (χ2v) is 7.69. The molecule has 1 atom stereocenters. The van der Waals surface area contributed by atoms with E-state index >= 15 is 0 Å². The van der Waals surface area contributed by atoms with Gasteiger partial charge in [-0.2, -0.15) is 5.10 Å². The summed E-state index contributed by atoms with van der Waals surface area (Å²) < 4.78 is 12.6. The molecule has 29 heavy (non-hydrogen) atoms. The van der Waals surface area contributed by atoms with E-state index in [1.54, 1.807) is 15.8 Å². The molecule has 3 heterocycles. The molecule has 0 saturated carbocycles. The molecule has 1 amide bonds. The van der Waals surface area contributed by atoms with Crippen molar-refractivity contribution in [3.8, 4) is 11.3 Å². The van der Waals surface area contributed by atoms with Gasteiger partial charge in [-0.3, -0.25) is 9.48 Å². The molecule has 0 bridgehead atoms. The predicted molar refractivity (Wildman–Crippen MR) is 108 cm³/mol. The van der Waals surface area contributed by atoms with Crippen LogP contribution in [-0.2, 0) is 29.7 Å². The number of hydrogen-bond acceptors (Lipinski definition) is 5. The topological polar surface area (TPSA) is 73.4 Å². The van der Waals surface area contributed by atoms with E-state index in [-0.39, 0.29) is 11.8 Å². The molecule has 0 unspecified atom stereocenters. The number of carbonyl (C=O) groups excluding carboxylic acids is 1. The number of rotatable bonds is 6. The van der Waals surface area contributed by atoms with Gasteiger partial charge in [-0.15, -0.1) is 0 Å². The number of hydrogen-bond donors (Lipinski definition) is 0. The standard InChI is InChI=1S/C21H23ClN4O3/c1-14-17(20(24-29-14)15-6-4-3-5-7-15)10-26(21(27)16-8-9-28-13-16)12-19-18(22)11-25(2)23-19/h3-7,11,16H,8-10,12-13H2,1-2H3/t16-/m1/s1. The fourth-order valence-electron chi connectivity index (χ4n) is 3.58. The zero-order valence-electron chi connectivity index (χ0n) is 16.5. The number of halogens is 1. The van der Waals surface area contributed by atoms with E-state index < -0.39 is 0 Å². The molecule has 0 spiro atoms. The Morgan fingerprint density at radius 1 is 1.31 bits per heavy atom. The summed E-state index contributed by atoms with van der Waals surface area (Å²) in [6.45, 7) is 3.59. The summed E-state index contributed by atoms with van der Waals surface area (Å²) in [5.41, 5.74) is 3.25. The van der Waals surface area contributed by atoms with Crippen molar-refractivity contribution in [2.75, 3.05) is 13.2 Å². The molecule has 0 radical (unpaired) electrons. The Morgan fingerprint density at radius 2 is 2.10 bits per heavy atom.